The van der Waals surface area contributed by atoms with Crippen LogP contribution in [-0.4, -0.2) is 140 Å². The quantitative estimate of drug-likeness (QED) is 0.0297. The van der Waals surface area contributed by atoms with Crippen molar-refractivity contribution in [2.75, 3.05) is 19.8 Å². The number of nitrogens with one attached hydrogen (secondary N) is 1. The Morgan fingerprint density at radius 3 is 1.61 bits per heavy atom. The predicted octanol–water partition coefficient (Wildman–Crippen LogP) is 5.15. The van der Waals surface area contributed by atoms with E-state index in [0.29, 0.717) is 12.8 Å². The molecule has 2 saturated heterocycles. The Kier molecular flexibility index (Phi) is 31.4. The molecule has 356 valence electrons. The molecule has 0 radical (unpaired) electrons. The summed E-state index contributed by atoms with van der Waals surface area (Å²) in [5.41, 5.74) is 0. The van der Waals surface area contributed by atoms with E-state index in [9.17, 15) is 45.6 Å². The third kappa shape index (κ3) is 22.6. The lowest BCUT2D eigenvalue weighted by Crippen LogP contribution is -2.65. The second-order valence-electron chi connectivity index (χ2n) is 16.9. The van der Waals surface area contributed by atoms with Crippen molar-refractivity contribution in [3.05, 3.63) is 36.5 Å². The average molecular weight is 872 g/mol. The molecule has 12 unspecified atom stereocenters. The fourth-order valence-electron chi connectivity index (χ4n) is 7.61. The highest BCUT2D eigenvalue weighted by Gasteiger charge is 2.50. The van der Waals surface area contributed by atoms with E-state index >= 15 is 0 Å². The second kappa shape index (κ2) is 34.6. The first-order valence-corrected chi connectivity index (χ1v) is 23.7. The van der Waals surface area contributed by atoms with E-state index in [1.165, 1.54) is 83.5 Å². The number of carbonyl (C=O) groups is 1. The first-order chi connectivity index (χ1) is 29.6. The maximum Gasteiger partial charge on any atom is 0.220 e. The zero-order chi connectivity index (χ0) is 44.7. The topological polar surface area (TPSA) is 228 Å². The normalized spacial score (nSPS) is 28.3. The van der Waals surface area contributed by atoms with E-state index < -0.39 is 86.8 Å². The molecule has 0 aromatic heterocycles. The summed E-state index contributed by atoms with van der Waals surface area (Å²) in [6, 6.07) is -0.932. The number of aliphatic hydroxyl groups excluding tert-OH is 8. The van der Waals surface area contributed by atoms with Crippen LogP contribution in [0.25, 0.3) is 0 Å². The fourth-order valence-corrected chi connectivity index (χ4v) is 7.61. The average Bonchev–Trinajstić information content (AvgIpc) is 3.26. The lowest BCUT2D eigenvalue weighted by atomic mass is 9.97. The lowest BCUT2D eigenvalue weighted by Gasteiger charge is -2.46. The Morgan fingerprint density at radius 1 is 0.574 bits per heavy atom. The molecule has 0 aromatic rings. The molecule has 2 aliphatic heterocycles. The molecule has 0 aromatic carbocycles. The summed E-state index contributed by atoms with van der Waals surface area (Å²) < 4.78 is 22.6. The predicted molar refractivity (Wildman–Crippen MR) is 235 cm³/mol. The van der Waals surface area contributed by atoms with Gasteiger partial charge in [-0.25, -0.2) is 0 Å². The van der Waals surface area contributed by atoms with Crippen molar-refractivity contribution in [2.24, 2.45) is 0 Å². The Balaban J connectivity index is 1.92. The molecule has 0 spiro atoms. The van der Waals surface area contributed by atoms with E-state index in [2.05, 4.69) is 43.5 Å². The maximum atomic E-state index is 13.1. The molecular weight excluding hydrogens is 787 g/mol. The van der Waals surface area contributed by atoms with Crippen molar-refractivity contribution in [3.8, 4) is 0 Å². The number of hydrogen-bond acceptors (Lipinski definition) is 13. The third-order valence-electron chi connectivity index (χ3n) is 11.6. The first kappa shape index (κ1) is 55.3. The van der Waals surface area contributed by atoms with Gasteiger partial charge in [0.1, 0.15) is 48.8 Å². The molecule has 0 bridgehead atoms. The summed E-state index contributed by atoms with van der Waals surface area (Å²) in [4.78, 5) is 13.1. The number of ether oxygens (including phenoxy) is 4. The van der Waals surface area contributed by atoms with Gasteiger partial charge in [0, 0.05) is 6.42 Å². The van der Waals surface area contributed by atoms with Crippen LogP contribution in [0.15, 0.2) is 36.5 Å². The standard InChI is InChI=1S/C47H85NO13/c1-3-5-7-9-11-13-15-17-19-20-22-24-26-28-30-36(51)35(48-39(52)31-29-27-25-23-21-18-16-14-12-10-8-6-4-2)34-58-46-44(57)42(55)45(38(33-50)60-46)61-47-43(56)41(54)40(53)37(32-49)59-47/h13,15,20,22,28,30,35-38,40-47,49-51,53-57H,3-12,14,16-19,21,23-27,29,31-34H2,1-2H3,(H,48,52)/b15-13+,22-20+,30-28+. The van der Waals surface area contributed by atoms with Gasteiger partial charge in [-0.1, -0.05) is 147 Å². The molecule has 2 heterocycles. The Morgan fingerprint density at radius 2 is 1.05 bits per heavy atom. The molecular formula is C47H85NO13. The van der Waals surface area contributed by atoms with Crippen LogP contribution in [0.3, 0.4) is 0 Å². The monoisotopic (exact) mass is 872 g/mol. The molecule has 2 rings (SSSR count). The second-order valence-corrected chi connectivity index (χ2v) is 16.9. The summed E-state index contributed by atoms with van der Waals surface area (Å²) in [5.74, 6) is -0.256. The summed E-state index contributed by atoms with van der Waals surface area (Å²) in [6.45, 7) is 2.71. The van der Waals surface area contributed by atoms with Crippen molar-refractivity contribution in [3.63, 3.8) is 0 Å². The highest BCUT2D eigenvalue weighted by atomic mass is 16.7. The summed E-state index contributed by atoms with van der Waals surface area (Å²) in [5, 5.41) is 86.5. The molecule has 1 amide bonds. The van der Waals surface area contributed by atoms with E-state index in [0.717, 1.165) is 44.9 Å². The summed E-state index contributed by atoms with van der Waals surface area (Å²) in [7, 11) is 0. The van der Waals surface area contributed by atoms with E-state index in [1.54, 1.807) is 6.08 Å². The van der Waals surface area contributed by atoms with E-state index in [1.807, 2.05) is 6.08 Å². The third-order valence-corrected chi connectivity index (χ3v) is 11.6. The van der Waals surface area contributed by atoms with Gasteiger partial charge < -0.3 is 65.1 Å². The molecule has 61 heavy (non-hydrogen) atoms. The van der Waals surface area contributed by atoms with Crippen LogP contribution in [0.4, 0.5) is 0 Å². The largest absolute Gasteiger partial charge is 0.394 e. The SMILES string of the molecule is CCCCCC/C=C/CC/C=C/CC/C=C/C(O)C(COC1OC(CO)C(OC2OC(CO)C(O)C(O)C2O)C(O)C1O)NC(=O)CCCCCCCCCCCCCCC. The molecule has 2 aliphatic rings. The van der Waals surface area contributed by atoms with Gasteiger partial charge >= 0.3 is 0 Å². The van der Waals surface area contributed by atoms with Crippen LogP contribution in [0.5, 0.6) is 0 Å². The zero-order valence-electron chi connectivity index (χ0n) is 37.4. The van der Waals surface area contributed by atoms with Gasteiger partial charge in [0.2, 0.25) is 5.91 Å². The lowest BCUT2D eigenvalue weighted by molar-refractivity contribution is -0.359. The smallest absolute Gasteiger partial charge is 0.220 e. The maximum absolute atomic E-state index is 13.1. The molecule has 14 heteroatoms. The van der Waals surface area contributed by atoms with Gasteiger partial charge in [-0.05, 0) is 44.9 Å². The number of rotatable bonds is 35. The summed E-state index contributed by atoms with van der Waals surface area (Å²) >= 11 is 0. The highest BCUT2D eigenvalue weighted by molar-refractivity contribution is 5.76. The van der Waals surface area contributed by atoms with Crippen LogP contribution < -0.4 is 5.32 Å². The number of hydrogen-bond donors (Lipinski definition) is 9. The molecule has 14 nitrogen and oxygen atoms in total. The Labute approximate surface area is 366 Å². The molecule has 9 N–H and O–H groups in total. The van der Waals surface area contributed by atoms with Crippen LogP contribution >= 0.6 is 0 Å². The van der Waals surface area contributed by atoms with Crippen molar-refractivity contribution >= 4 is 5.91 Å². The van der Waals surface area contributed by atoms with Gasteiger partial charge in [-0.2, -0.15) is 0 Å². The van der Waals surface area contributed by atoms with Gasteiger partial charge in [0.15, 0.2) is 12.6 Å². The van der Waals surface area contributed by atoms with Crippen LogP contribution in [0.1, 0.15) is 162 Å². The Hall–Kier alpha value is -1.79. The minimum atomic E-state index is -1.79. The van der Waals surface area contributed by atoms with Crippen molar-refractivity contribution in [1.29, 1.82) is 0 Å². The van der Waals surface area contributed by atoms with Gasteiger partial charge in [0.25, 0.3) is 0 Å². The molecule has 0 aliphatic carbocycles. The number of amides is 1. The van der Waals surface area contributed by atoms with Gasteiger partial charge in [-0.15, -0.1) is 0 Å². The number of unbranched alkanes of at least 4 members (excludes halogenated alkanes) is 18. The minimum Gasteiger partial charge on any atom is -0.394 e. The Bertz CT molecular complexity index is 1170. The van der Waals surface area contributed by atoms with Gasteiger partial charge in [-0.3, -0.25) is 4.79 Å². The van der Waals surface area contributed by atoms with Crippen LogP contribution in [-0.2, 0) is 23.7 Å². The molecule has 0 saturated carbocycles. The van der Waals surface area contributed by atoms with Crippen LogP contribution in [0, 0.1) is 0 Å². The van der Waals surface area contributed by atoms with Crippen molar-refractivity contribution in [2.45, 2.75) is 235 Å². The number of allylic oxidation sites excluding steroid dienone is 5. The number of aliphatic hydroxyl groups is 8. The highest BCUT2D eigenvalue weighted by Crippen LogP contribution is 2.30. The molecule has 12 atom stereocenters. The fraction of sp³-hybridized carbons (Fsp3) is 0.851. The van der Waals surface area contributed by atoms with Crippen molar-refractivity contribution < 1.29 is 64.6 Å². The molecule has 2 fully saturated rings. The zero-order valence-corrected chi connectivity index (χ0v) is 37.4. The first-order valence-electron chi connectivity index (χ1n) is 23.7. The van der Waals surface area contributed by atoms with Gasteiger partial charge in [0.05, 0.1) is 32.0 Å². The summed E-state index contributed by atoms with van der Waals surface area (Å²) in [6.07, 6.45) is 20.5. The van der Waals surface area contributed by atoms with E-state index in [4.69, 9.17) is 18.9 Å². The van der Waals surface area contributed by atoms with Crippen LogP contribution in [0.2, 0.25) is 0 Å². The van der Waals surface area contributed by atoms with Crippen molar-refractivity contribution in [1.82, 2.24) is 5.32 Å². The number of carbonyl (C=O) groups excluding carboxylic acids is 1. The minimum absolute atomic E-state index is 0.256. The van der Waals surface area contributed by atoms with E-state index in [-0.39, 0.29) is 18.9 Å².